The molecule has 3 fully saturated rings. The van der Waals surface area contributed by atoms with Crippen LogP contribution in [0, 0.1) is 6.92 Å². The number of amides is 1. The number of piperidine rings is 2. The molecule has 1 amide bonds. The molecule has 4 heterocycles. The summed E-state index contributed by atoms with van der Waals surface area (Å²) in [4.78, 5) is 30.9. The summed E-state index contributed by atoms with van der Waals surface area (Å²) in [5.41, 5.74) is 4.98. The van der Waals surface area contributed by atoms with Gasteiger partial charge in [-0.2, -0.15) is 0 Å². The molecule has 7 rings (SSSR count). The predicted molar refractivity (Wildman–Crippen MR) is 180 cm³/mol. The highest BCUT2D eigenvalue weighted by Gasteiger charge is 2.42. The Labute approximate surface area is 272 Å². The van der Waals surface area contributed by atoms with E-state index in [9.17, 15) is 4.79 Å². The molecule has 2 bridgehead atoms. The number of fused-ring (bicyclic) bond motifs is 3. The molecule has 242 valence electrons. The summed E-state index contributed by atoms with van der Waals surface area (Å²) in [7, 11) is 0. The number of para-hydroxylation sites is 2. The quantitative estimate of drug-likeness (QED) is 0.207. The van der Waals surface area contributed by atoms with Crippen molar-refractivity contribution in [2.24, 2.45) is 0 Å². The second-order valence-corrected chi connectivity index (χ2v) is 13.1. The molecule has 0 saturated carbocycles. The van der Waals surface area contributed by atoms with Crippen LogP contribution in [0.2, 0.25) is 0 Å². The summed E-state index contributed by atoms with van der Waals surface area (Å²) in [5, 5.41) is 6.89. The normalized spacial score (nSPS) is 22.2. The van der Waals surface area contributed by atoms with E-state index in [1.165, 1.54) is 49.7 Å². The minimum Gasteiger partial charge on any atom is -0.483 e. The van der Waals surface area contributed by atoms with Gasteiger partial charge in [-0.15, -0.1) is 0 Å². The standard InChI is InChI=1S/C37H44N4O2.CH2O2/c1-28-38-34-15-8-9-16-35(34)41(28)33-25-31-17-18-32(26-33)40(31)22-10-19-37(30-13-6-3-7-14-30)20-23-39(24-21-37)36(42)43-27-29-11-4-2-5-12-29;2-1-3/h2-9,11-16,31-33H,10,17-27H2,1H3;1H,(H,2,3). The number of carboxylic acid groups (broad SMARTS) is 1. The lowest BCUT2D eigenvalue weighted by Crippen LogP contribution is -2.46. The van der Waals surface area contributed by atoms with Gasteiger partial charge in [0, 0.05) is 31.2 Å². The van der Waals surface area contributed by atoms with Gasteiger partial charge in [0.25, 0.3) is 6.47 Å². The number of hydrogen-bond acceptors (Lipinski definition) is 5. The number of hydrogen-bond donors (Lipinski definition) is 1. The van der Waals surface area contributed by atoms with Crippen LogP contribution in [-0.4, -0.2) is 68.7 Å². The molecular weight excluding hydrogens is 576 g/mol. The Hall–Kier alpha value is -4.17. The molecule has 3 aliphatic heterocycles. The molecule has 0 radical (unpaired) electrons. The lowest BCUT2D eigenvalue weighted by Gasteiger charge is -2.43. The maximum atomic E-state index is 12.9. The Morgan fingerprint density at radius 3 is 2.20 bits per heavy atom. The number of rotatable bonds is 8. The number of carbonyl (C=O) groups is 2. The molecule has 4 aromatic rings. The second-order valence-electron chi connectivity index (χ2n) is 13.1. The lowest BCUT2D eigenvalue weighted by molar-refractivity contribution is -0.122. The van der Waals surface area contributed by atoms with E-state index in [4.69, 9.17) is 19.6 Å². The number of nitrogens with zero attached hydrogens (tertiary/aromatic N) is 4. The van der Waals surface area contributed by atoms with Crippen molar-refractivity contribution in [2.75, 3.05) is 19.6 Å². The van der Waals surface area contributed by atoms with Crippen LogP contribution in [0.1, 0.15) is 74.4 Å². The number of aryl methyl sites for hydroxylation is 1. The Morgan fingerprint density at radius 1 is 0.913 bits per heavy atom. The first-order chi connectivity index (χ1) is 22.5. The van der Waals surface area contributed by atoms with E-state index < -0.39 is 0 Å². The number of likely N-dealkylation sites (tertiary alicyclic amines) is 1. The molecule has 2 unspecified atom stereocenters. The van der Waals surface area contributed by atoms with Crippen molar-refractivity contribution < 1.29 is 19.4 Å². The van der Waals surface area contributed by atoms with Gasteiger partial charge in [-0.3, -0.25) is 9.69 Å². The zero-order valence-electron chi connectivity index (χ0n) is 26.8. The zero-order chi connectivity index (χ0) is 31.9. The summed E-state index contributed by atoms with van der Waals surface area (Å²) in [6.45, 7) is 4.92. The number of ether oxygens (including phenoxy) is 1. The Bertz CT molecular complexity index is 1570. The fourth-order valence-electron chi connectivity index (χ4n) is 8.45. The van der Waals surface area contributed by atoms with Crippen LogP contribution in [-0.2, 0) is 21.6 Å². The molecular formula is C38H46N4O4. The molecule has 1 N–H and O–H groups in total. The Morgan fingerprint density at radius 2 is 1.52 bits per heavy atom. The predicted octanol–water partition coefficient (Wildman–Crippen LogP) is 7.36. The summed E-state index contributed by atoms with van der Waals surface area (Å²) < 4.78 is 8.20. The maximum absolute atomic E-state index is 12.9. The molecule has 3 saturated heterocycles. The fourth-order valence-corrected chi connectivity index (χ4v) is 8.45. The Kier molecular flexibility index (Phi) is 10.0. The van der Waals surface area contributed by atoms with Gasteiger partial charge in [0.05, 0.1) is 11.0 Å². The third kappa shape index (κ3) is 6.82. The smallest absolute Gasteiger partial charge is 0.410 e. The van der Waals surface area contributed by atoms with E-state index in [1.807, 2.05) is 35.2 Å². The first-order valence-electron chi connectivity index (χ1n) is 16.8. The van der Waals surface area contributed by atoms with Crippen LogP contribution < -0.4 is 0 Å². The van der Waals surface area contributed by atoms with Gasteiger partial charge >= 0.3 is 6.09 Å². The topological polar surface area (TPSA) is 87.9 Å². The first-order valence-corrected chi connectivity index (χ1v) is 16.8. The van der Waals surface area contributed by atoms with Gasteiger partial charge in [-0.1, -0.05) is 72.8 Å². The highest BCUT2D eigenvalue weighted by Crippen LogP contribution is 2.44. The van der Waals surface area contributed by atoms with Gasteiger partial charge in [0.2, 0.25) is 0 Å². The second kappa shape index (κ2) is 14.5. The average molecular weight is 623 g/mol. The van der Waals surface area contributed by atoms with Crippen molar-refractivity contribution in [1.82, 2.24) is 19.4 Å². The number of carbonyl (C=O) groups excluding carboxylic acids is 1. The largest absolute Gasteiger partial charge is 0.483 e. The van der Waals surface area contributed by atoms with E-state index >= 15 is 0 Å². The van der Waals surface area contributed by atoms with Crippen molar-refractivity contribution in [3.8, 4) is 0 Å². The SMILES string of the molecule is Cc1nc2ccccc2n1C1CC2CCC(C1)N2CCCC1(c2ccccc2)CCN(C(=O)OCc2ccccc2)CC1.O=CO. The van der Waals surface area contributed by atoms with Crippen molar-refractivity contribution in [3.05, 3.63) is 102 Å². The fraction of sp³-hybridized carbons (Fsp3) is 0.447. The van der Waals surface area contributed by atoms with Gasteiger partial charge in [0.15, 0.2) is 0 Å². The monoisotopic (exact) mass is 622 g/mol. The third-order valence-corrected chi connectivity index (χ3v) is 10.6. The zero-order valence-corrected chi connectivity index (χ0v) is 26.8. The van der Waals surface area contributed by atoms with Gasteiger partial charge in [-0.25, -0.2) is 9.78 Å². The van der Waals surface area contributed by atoms with Gasteiger partial charge in [0.1, 0.15) is 12.4 Å². The molecule has 3 aliphatic rings. The van der Waals surface area contributed by atoms with Crippen LogP contribution in [0.25, 0.3) is 11.0 Å². The molecule has 8 nitrogen and oxygen atoms in total. The average Bonchev–Trinajstić information content (AvgIpc) is 3.55. The molecule has 8 heteroatoms. The van der Waals surface area contributed by atoms with Crippen molar-refractivity contribution in [2.45, 2.75) is 88.4 Å². The van der Waals surface area contributed by atoms with Gasteiger partial charge < -0.3 is 19.3 Å². The van der Waals surface area contributed by atoms with E-state index in [1.54, 1.807) is 0 Å². The minimum absolute atomic E-state index is 0.113. The first kappa shape index (κ1) is 31.8. The number of aromatic nitrogens is 2. The van der Waals surface area contributed by atoms with E-state index in [-0.39, 0.29) is 18.0 Å². The highest BCUT2D eigenvalue weighted by molar-refractivity contribution is 5.76. The van der Waals surface area contributed by atoms with Crippen LogP contribution in [0.15, 0.2) is 84.9 Å². The molecule has 0 spiro atoms. The van der Waals surface area contributed by atoms with Crippen molar-refractivity contribution >= 4 is 23.6 Å². The van der Waals surface area contributed by atoms with Crippen molar-refractivity contribution in [3.63, 3.8) is 0 Å². The van der Waals surface area contributed by atoms with Gasteiger partial charge in [-0.05, 0) is 93.5 Å². The van der Waals surface area contributed by atoms with Crippen molar-refractivity contribution in [1.29, 1.82) is 0 Å². The van der Waals surface area contributed by atoms with Crippen LogP contribution in [0.4, 0.5) is 4.79 Å². The Balaban J connectivity index is 0.00000119. The number of benzene rings is 3. The summed E-state index contributed by atoms with van der Waals surface area (Å²) in [5.74, 6) is 1.15. The minimum atomic E-state index is -0.250. The van der Waals surface area contributed by atoms with E-state index in [2.05, 4.69) is 71.0 Å². The van der Waals surface area contributed by atoms with Crippen LogP contribution in [0.5, 0.6) is 0 Å². The molecule has 1 aromatic heterocycles. The lowest BCUT2D eigenvalue weighted by atomic mass is 9.70. The highest BCUT2D eigenvalue weighted by atomic mass is 16.6. The number of imidazole rings is 1. The van der Waals surface area contributed by atoms with Crippen LogP contribution >= 0.6 is 0 Å². The summed E-state index contributed by atoms with van der Waals surface area (Å²) >= 11 is 0. The summed E-state index contributed by atoms with van der Waals surface area (Å²) in [6.07, 6.45) is 9.22. The van der Waals surface area contributed by atoms with E-state index in [0.717, 1.165) is 49.3 Å². The summed E-state index contributed by atoms with van der Waals surface area (Å²) in [6, 6.07) is 31.5. The molecule has 0 aliphatic carbocycles. The van der Waals surface area contributed by atoms with E-state index in [0.29, 0.717) is 24.7 Å². The third-order valence-electron chi connectivity index (χ3n) is 10.6. The molecule has 46 heavy (non-hydrogen) atoms. The molecule has 3 aromatic carbocycles. The molecule has 2 atom stereocenters. The van der Waals surface area contributed by atoms with Crippen LogP contribution in [0.3, 0.4) is 0 Å². The maximum Gasteiger partial charge on any atom is 0.410 e.